The van der Waals surface area contributed by atoms with Crippen LogP contribution in [-0.2, 0) is 18.9 Å². The number of halogens is 7. The van der Waals surface area contributed by atoms with Crippen molar-refractivity contribution in [2.75, 3.05) is 13.3 Å². The Hall–Kier alpha value is -2.99. The van der Waals surface area contributed by atoms with Crippen molar-refractivity contribution in [3.8, 4) is 11.6 Å². The number of carbonyl (C=O) groups is 1. The molecule has 1 aromatic heterocycles. The number of thioether (sulfide) groups is 1. The summed E-state index contributed by atoms with van der Waals surface area (Å²) in [6, 6.07) is 7.52. The van der Waals surface area contributed by atoms with E-state index in [-0.39, 0.29) is 39.0 Å². The lowest BCUT2D eigenvalue weighted by molar-refractivity contribution is -0.143. The number of nitrogens with zero attached hydrogens (tertiary/aromatic N) is 3. The van der Waals surface area contributed by atoms with Crippen LogP contribution in [0.5, 0.6) is 11.6 Å². The Balaban J connectivity index is 1.95. The average Bonchev–Trinajstić information content (AvgIpc) is 2.78. The number of alkyl halides is 6. The third-order valence-corrected chi connectivity index (χ3v) is 5.48. The molecule has 0 saturated heterocycles. The maximum Gasteiger partial charge on any atom is 0.416 e. The molecule has 186 valence electrons. The molecule has 0 unspecified atom stereocenters. The molecule has 0 N–H and O–H groups in total. The van der Waals surface area contributed by atoms with Crippen LogP contribution < -0.4 is 4.74 Å². The van der Waals surface area contributed by atoms with E-state index in [0.29, 0.717) is 12.1 Å². The monoisotopic (exact) mass is 535 g/mol. The first-order chi connectivity index (χ1) is 16.3. The minimum atomic E-state index is -5.00. The first-order valence-electron chi connectivity index (χ1n) is 9.67. The van der Waals surface area contributed by atoms with Gasteiger partial charge >= 0.3 is 12.4 Å². The molecule has 5 nitrogen and oxygen atoms in total. The molecule has 1 heterocycles. The highest BCUT2D eigenvalue weighted by Crippen LogP contribution is 2.37. The van der Waals surface area contributed by atoms with Crippen molar-refractivity contribution in [3.63, 3.8) is 0 Å². The summed E-state index contributed by atoms with van der Waals surface area (Å²) in [5.41, 5.74) is -3.47. The van der Waals surface area contributed by atoms with Gasteiger partial charge in [0, 0.05) is 19.8 Å². The van der Waals surface area contributed by atoms with E-state index in [1.807, 2.05) is 0 Å². The zero-order valence-corrected chi connectivity index (χ0v) is 19.6. The molecule has 1 amide bonds. The molecule has 35 heavy (non-hydrogen) atoms. The van der Waals surface area contributed by atoms with E-state index in [1.54, 1.807) is 24.5 Å². The molecule has 3 aromatic rings. The van der Waals surface area contributed by atoms with Gasteiger partial charge in [-0.1, -0.05) is 35.5 Å². The summed E-state index contributed by atoms with van der Waals surface area (Å²) < 4.78 is 84.7. The van der Waals surface area contributed by atoms with Gasteiger partial charge in [-0.15, -0.1) is 0 Å². The zero-order chi connectivity index (χ0) is 26.0. The highest BCUT2D eigenvalue weighted by molar-refractivity contribution is 7.98. The van der Waals surface area contributed by atoms with E-state index in [0.717, 1.165) is 22.9 Å². The van der Waals surface area contributed by atoms with Gasteiger partial charge < -0.3 is 9.64 Å². The Bertz CT molecular complexity index is 1200. The van der Waals surface area contributed by atoms with Crippen LogP contribution in [0.15, 0.2) is 53.8 Å². The zero-order valence-electron chi connectivity index (χ0n) is 18.0. The largest absolute Gasteiger partial charge is 0.436 e. The Kier molecular flexibility index (Phi) is 7.85. The quantitative estimate of drug-likeness (QED) is 0.194. The van der Waals surface area contributed by atoms with Crippen LogP contribution >= 0.6 is 23.4 Å². The van der Waals surface area contributed by atoms with Gasteiger partial charge in [-0.05, 0) is 42.2 Å². The molecule has 0 aliphatic rings. The SMILES string of the molecule is CSc1ncc(C(=O)N(C)Cc2cc(C(F)(F)F)cc(C(F)(F)F)c2)c(Oc2ccccc2Cl)n1. The smallest absolute Gasteiger partial charge is 0.416 e. The molecular weight excluding hydrogens is 520 g/mol. The highest BCUT2D eigenvalue weighted by atomic mass is 35.5. The third-order valence-electron chi connectivity index (χ3n) is 4.60. The molecular formula is C22H16ClF6N3O2S. The second-order valence-corrected chi connectivity index (χ2v) is 8.36. The summed E-state index contributed by atoms with van der Waals surface area (Å²) in [6.07, 6.45) is -7.16. The number of hydrogen-bond acceptors (Lipinski definition) is 5. The number of para-hydroxylation sites is 1. The molecule has 13 heteroatoms. The second-order valence-electron chi connectivity index (χ2n) is 7.18. The van der Waals surface area contributed by atoms with Crippen LogP contribution in [0.25, 0.3) is 0 Å². The van der Waals surface area contributed by atoms with Gasteiger partial charge in [0.05, 0.1) is 16.1 Å². The van der Waals surface area contributed by atoms with Crippen LogP contribution in [0.4, 0.5) is 26.3 Å². The molecule has 3 rings (SSSR count). The predicted octanol–water partition coefficient (Wildman–Crippen LogP) is 6.95. The van der Waals surface area contributed by atoms with E-state index < -0.39 is 35.9 Å². The number of hydrogen-bond donors (Lipinski definition) is 0. The predicted molar refractivity (Wildman–Crippen MR) is 118 cm³/mol. The van der Waals surface area contributed by atoms with Crippen LogP contribution in [0.1, 0.15) is 27.0 Å². The molecule has 0 aliphatic heterocycles. The Morgan fingerprint density at radius 3 is 2.20 bits per heavy atom. The number of carbonyl (C=O) groups excluding carboxylic acids is 1. The van der Waals surface area contributed by atoms with Crippen LogP contribution in [0, 0.1) is 0 Å². The lowest BCUT2D eigenvalue weighted by Crippen LogP contribution is -2.27. The summed E-state index contributed by atoms with van der Waals surface area (Å²) in [5.74, 6) is -0.774. The number of amides is 1. The molecule has 0 radical (unpaired) electrons. The first-order valence-corrected chi connectivity index (χ1v) is 11.3. The molecule has 0 spiro atoms. The van der Waals surface area contributed by atoms with Crippen LogP contribution in [0.2, 0.25) is 5.02 Å². The topological polar surface area (TPSA) is 55.3 Å². The second kappa shape index (κ2) is 10.3. The molecule has 0 saturated carbocycles. The lowest BCUT2D eigenvalue weighted by Gasteiger charge is -2.21. The van der Waals surface area contributed by atoms with E-state index in [9.17, 15) is 31.1 Å². The maximum absolute atomic E-state index is 13.2. The van der Waals surface area contributed by atoms with Crippen molar-refractivity contribution in [2.24, 2.45) is 0 Å². The lowest BCUT2D eigenvalue weighted by atomic mass is 10.0. The summed E-state index contributed by atoms with van der Waals surface area (Å²) >= 11 is 7.26. The summed E-state index contributed by atoms with van der Waals surface area (Å²) in [5, 5.41) is 0.492. The van der Waals surface area contributed by atoms with Gasteiger partial charge in [0.1, 0.15) is 11.3 Å². The first kappa shape index (κ1) is 26.6. The number of aromatic nitrogens is 2. The summed E-state index contributed by atoms with van der Waals surface area (Å²) in [4.78, 5) is 22.2. The van der Waals surface area contributed by atoms with Gasteiger partial charge in [0.15, 0.2) is 5.16 Å². The fourth-order valence-corrected chi connectivity index (χ4v) is 3.47. The van der Waals surface area contributed by atoms with E-state index in [1.165, 1.54) is 13.1 Å². The molecule has 2 aromatic carbocycles. The van der Waals surface area contributed by atoms with Crippen molar-refractivity contribution in [3.05, 3.63) is 75.9 Å². The van der Waals surface area contributed by atoms with Gasteiger partial charge in [0.25, 0.3) is 5.91 Å². The maximum atomic E-state index is 13.2. The van der Waals surface area contributed by atoms with Gasteiger partial charge in [-0.3, -0.25) is 4.79 Å². The van der Waals surface area contributed by atoms with Gasteiger partial charge in [-0.25, -0.2) is 4.98 Å². The Labute approximate surface area is 205 Å². The Morgan fingerprint density at radius 2 is 1.66 bits per heavy atom. The average molecular weight is 536 g/mol. The van der Waals surface area contributed by atoms with Crippen molar-refractivity contribution in [2.45, 2.75) is 24.1 Å². The van der Waals surface area contributed by atoms with Gasteiger partial charge in [0.2, 0.25) is 5.88 Å². The minimum absolute atomic E-state index is 0.0237. The van der Waals surface area contributed by atoms with E-state index in [4.69, 9.17) is 16.3 Å². The van der Waals surface area contributed by atoms with E-state index >= 15 is 0 Å². The fourth-order valence-electron chi connectivity index (χ4n) is 2.97. The van der Waals surface area contributed by atoms with Gasteiger partial charge in [-0.2, -0.15) is 31.3 Å². The molecule has 0 bridgehead atoms. The summed E-state index contributed by atoms with van der Waals surface area (Å²) in [6.45, 7) is -0.554. The number of rotatable bonds is 6. The molecule has 0 atom stereocenters. The van der Waals surface area contributed by atoms with Crippen LogP contribution in [-0.4, -0.2) is 34.1 Å². The number of benzene rings is 2. The fraction of sp³-hybridized carbons (Fsp3) is 0.227. The highest BCUT2D eigenvalue weighted by Gasteiger charge is 2.37. The molecule has 0 aliphatic carbocycles. The van der Waals surface area contributed by atoms with E-state index in [2.05, 4.69) is 9.97 Å². The van der Waals surface area contributed by atoms with Crippen molar-refractivity contribution < 1.29 is 35.9 Å². The van der Waals surface area contributed by atoms with Crippen molar-refractivity contribution >= 4 is 29.3 Å². The minimum Gasteiger partial charge on any atom is -0.436 e. The number of ether oxygens (including phenoxy) is 1. The Morgan fingerprint density at radius 1 is 1.06 bits per heavy atom. The van der Waals surface area contributed by atoms with Crippen molar-refractivity contribution in [1.82, 2.24) is 14.9 Å². The van der Waals surface area contributed by atoms with Crippen LogP contribution in [0.3, 0.4) is 0 Å². The normalized spacial score (nSPS) is 11.9. The van der Waals surface area contributed by atoms with Crippen molar-refractivity contribution in [1.29, 1.82) is 0 Å². The standard InChI is InChI=1S/C22H16ClF6N3O2S/c1-32(11-12-7-13(21(24,25)26)9-14(8-12)22(27,28)29)19(33)15-10-30-20(35-2)31-18(15)34-17-6-4-3-5-16(17)23/h3-10H,11H2,1-2H3. The summed E-state index contributed by atoms with van der Waals surface area (Å²) in [7, 11) is 1.22. The molecule has 0 fully saturated rings. The third kappa shape index (κ3) is 6.57.